The van der Waals surface area contributed by atoms with Crippen molar-refractivity contribution in [3.63, 3.8) is 0 Å². The SMILES string of the molecule is CCCc1c(C(=O)NN=Cc2ccc(CC)cc2)nnn1-c1nonc1N. The van der Waals surface area contributed by atoms with Gasteiger partial charge in [0.05, 0.1) is 11.9 Å². The van der Waals surface area contributed by atoms with E-state index in [9.17, 15) is 4.79 Å². The Bertz CT molecular complexity index is 942. The minimum Gasteiger partial charge on any atom is -0.378 e. The van der Waals surface area contributed by atoms with Crippen molar-refractivity contribution in [2.24, 2.45) is 5.10 Å². The Morgan fingerprint density at radius 1 is 1.30 bits per heavy atom. The molecule has 0 fully saturated rings. The van der Waals surface area contributed by atoms with E-state index in [-0.39, 0.29) is 17.3 Å². The van der Waals surface area contributed by atoms with Crippen LogP contribution in [0.3, 0.4) is 0 Å². The van der Waals surface area contributed by atoms with Crippen LogP contribution in [0.2, 0.25) is 0 Å². The van der Waals surface area contributed by atoms with E-state index >= 15 is 0 Å². The molecule has 0 unspecified atom stereocenters. The molecule has 3 rings (SSSR count). The van der Waals surface area contributed by atoms with Crippen LogP contribution in [0.5, 0.6) is 0 Å². The quantitative estimate of drug-likeness (QED) is 0.476. The van der Waals surface area contributed by atoms with E-state index in [4.69, 9.17) is 5.73 Å². The van der Waals surface area contributed by atoms with Crippen molar-refractivity contribution in [2.45, 2.75) is 33.1 Å². The summed E-state index contributed by atoms with van der Waals surface area (Å²) < 4.78 is 5.95. The molecule has 0 atom stereocenters. The number of hydrogen-bond acceptors (Lipinski definition) is 8. The minimum absolute atomic E-state index is 0.0674. The fourth-order valence-corrected chi connectivity index (χ4v) is 2.50. The van der Waals surface area contributed by atoms with Crippen LogP contribution >= 0.6 is 0 Å². The number of benzene rings is 1. The Kier molecular flexibility index (Phi) is 5.55. The van der Waals surface area contributed by atoms with Crippen molar-refractivity contribution in [1.29, 1.82) is 0 Å². The fourth-order valence-electron chi connectivity index (χ4n) is 2.50. The first-order valence-corrected chi connectivity index (χ1v) is 8.59. The Morgan fingerprint density at radius 3 is 2.70 bits per heavy atom. The molecular weight excluding hydrogens is 348 g/mol. The molecule has 0 aliphatic carbocycles. The van der Waals surface area contributed by atoms with Crippen LogP contribution < -0.4 is 11.2 Å². The van der Waals surface area contributed by atoms with Crippen LogP contribution in [-0.4, -0.2) is 37.4 Å². The molecule has 0 spiro atoms. The molecule has 140 valence electrons. The monoisotopic (exact) mass is 368 g/mol. The predicted octanol–water partition coefficient (Wildman–Crippen LogP) is 1.51. The van der Waals surface area contributed by atoms with E-state index in [1.165, 1.54) is 10.2 Å². The summed E-state index contributed by atoms with van der Waals surface area (Å²) in [7, 11) is 0. The van der Waals surface area contributed by atoms with E-state index in [1.807, 2.05) is 31.2 Å². The number of nitrogens with two attached hydrogens (primary N) is 1. The zero-order chi connectivity index (χ0) is 19.2. The van der Waals surface area contributed by atoms with E-state index in [2.05, 4.69) is 42.7 Å². The number of hydrazone groups is 1. The maximum Gasteiger partial charge on any atom is 0.293 e. The van der Waals surface area contributed by atoms with Gasteiger partial charge in [0, 0.05) is 0 Å². The smallest absolute Gasteiger partial charge is 0.293 e. The van der Waals surface area contributed by atoms with Crippen LogP contribution in [-0.2, 0) is 12.8 Å². The van der Waals surface area contributed by atoms with Gasteiger partial charge < -0.3 is 5.73 Å². The second kappa shape index (κ2) is 8.21. The lowest BCUT2D eigenvalue weighted by Gasteiger charge is -2.03. The average Bonchev–Trinajstić information content (AvgIpc) is 3.28. The molecule has 2 heterocycles. The second-order valence-corrected chi connectivity index (χ2v) is 5.81. The minimum atomic E-state index is -0.471. The lowest BCUT2D eigenvalue weighted by molar-refractivity contribution is 0.0949. The highest BCUT2D eigenvalue weighted by Gasteiger charge is 2.23. The van der Waals surface area contributed by atoms with Gasteiger partial charge >= 0.3 is 0 Å². The highest BCUT2D eigenvalue weighted by molar-refractivity contribution is 5.94. The van der Waals surface area contributed by atoms with Gasteiger partial charge in [-0.3, -0.25) is 4.79 Å². The van der Waals surface area contributed by atoms with Crippen molar-refractivity contribution in [3.8, 4) is 5.82 Å². The molecule has 0 aliphatic heterocycles. The molecular formula is C17H20N8O2. The summed E-state index contributed by atoms with van der Waals surface area (Å²) in [5.74, 6) is -0.205. The first-order chi connectivity index (χ1) is 13.1. The number of carbonyl (C=O) groups excluding carboxylic acids is 1. The molecule has 3 N–H and O–H groups in total. The van der Waals surface area contributed by atoms with Gasteiger partial charge in [-0.15, -0.1) is 5.10 Å². The number of carbonyl (C=O) groups is 1. The van der Waals surface area contributed by atoms with Gasteiger partial charge in [0.2, 0.25) is 11.6 Å². The molecule has 1 aromatic carbocycles. The number of rotatable bonds is 7. The molecule has 10 nitrogen and oxygen atoms in total. The first kappa shape index (κ1) is 18.2. The van der Waals surface area contributed by atoms with Gasteiger partial charge in [-0.2, -0.15) is 9.78 Å². The van der Waals surface area contributed by atoms with Gasteiger partial charge in [0.15, 0.2) is 5.69 Å². The summed E-state index contributed by atoms with van der Waals surface area (Å²) in [5.41, 5.74) is 11.0. The topological polar surface area (TPSA) is 137 Å². The number of hydrogen-bond donors (Lipinski definition) is 2. The number of aryl methyl sites for hydroxylation is 1. The zero-order valence-electron chi connectivity index (χ0n) is 15.1. The predicted molar refractivity (Wildman–Crippen MR) is 98.5 cm³/mol. The largest absolute Gasteiger partial charge is 0.378 e. The van der Waals surface area contributed by atoms with Gasteiger partial charge in [-0.05, 0) is 34.3 Å². The van der Waals surface area contributed by atoms with E-state index in [0.29, 0.717) is 12.1 Å². The van der Waals surface area contributed by atoms with Gasteiger partial charge in [-0.25, -0.2) is 10.1 Å². The molecule has 3 aromatic rings. The van der Waals surface area contributed by atoms with Crippen molar-refractivity contribution in [3.05, 3.63) is 46.8 Å². The van der Waals surface area contributed by atoms with Crippen LogP contribution in [0.15, 0.2) is 34.0 Å². The normalized spacial score (nSPS) is 11.2. The third kappa shape index (κ3) is 4.00. The molecule has 1 amide bonds. The highest BCUT2D eigenvalue weighted by Crippen LogP contribution is 2.17. The molecule has 27 heavy (non-hydrogen) atoms. The Labute approximate surface area is 155 Å². The number of nitrogens with one attached hydrogen (secondary N) is 1. The van der Waals surface area contributed by atoms with Crippen LogP contribution in [0.1, 0.15) is 47.6 Å². The van der Waals surface area contributed by atoms with E-state index < -0.39 is 5.91 Å². The van der Waals surface area contributed by atoms with Crippen molar-refractivity contribution in [1.82, 2.24) is 30.7 Å². The molecule has 2 aromatic heterocycles. The molecule has 10 heteroatoms. The number of amides is 1. The summed E-state index contributed by atoms with van der Waals surface area (Å²) in [6.07, 6.45) is 3.85. The van der Waals surface area contributed by atoms with Crippen molar-refractivity contribution in [2.75, 3.05) is 5.73 Å². The molecule has 0 radical (unpaired) electrons. The van der Waals surface area contributed by atoms with Gasteiger partial charge in [-0.1, -0.05) is 49.7 Å². The van der Waals surface area contributed by atoms with Crippen LogP contribution in [0.25, 0.3) is 5.82 Å². The van der Waals surface area contributed by atoms with Gasteiger partial charge in [0.25, 0.3) is 5.91 Å². The molecule has 0 bridgehead atoms. The fraction of sp³-hybridized carbons (Fsp3) is 0.294. The standard InChI is InChI=1S/C17H20N8O2/c1-3-5-13-14(20-24-25(13)16-15(18)22-27-23-16)17(26)21-19-10-12-8-6-11(4-2)7-9-12/h6-10H,3-5H2,1-2H3,(H2,18,22)(H,21,26). The van der Waals surface area contributed by atoms with E-state index in [0.717, 1.165) is 18.4 Å². The van der Waals surface area contributed by atoms with Crippen LogP contribution in [0.4, 0.5) is 5.82 Å². The Morgan fingerprint density at radius 2 is 2.07 bits per heavy atom. The molecule has 0 saturated carbocycles. The summed E-state index contributed by atoms with van der Waals surface area (Å²) in [4.78, 5) is 12.5. The van der Waals surface area contributed by atoms with E-state index in [1.54, 1.807) is 6.21 Å². The van der Waals surface area contributed by atoms with Crippen LogP contribution in [0, 0.1) is 0 Å². The third-order valence-electron chi connectivity index (χ3n) is 3.93. The first-order valence-electron chi connectivity index (χ1n) is 8.59. The third-order valence-corrected chi connectivity index (χ3v) is 3.93. The zero-order valence-corrected chi connectivity index (χ0v) is 15.1. The second-order valence-electron chi connectivity index (χ2n) is 5.81. The lowest BCUT2D eigenvalue weighted by atomic mass is 10.1. The van der Waals surface area contributed by atoms with Gasteiger partial charge in [0.1, 0.15) is 0 Å². The maximum absolute atomic E-state index is 12.5. The number of nitrogen functional groups attached to an aromatic ring is 1. The Balaban J connectivity index is 1.77. The molecule has 0 saturated heterocycles. The number of aromatic nitrogens is 5. The number of anilines is 1. The van der Waals surface area contributed by atoms with Crippen molar-refractivity contribution >= 4 is 17.9 Å². The summed E-state index contributed by atoms with van der Waals surface area (Å²) in [6.45, 7) is 4.06. The summed E-state index contributed by atoms with van der Waals surface area (Å²) >= 11 is 0. The maximum atomic E-state index is 12.5. The lowest BCUT2D eigenvalue weighted by Crippen LogP contribution is -2.20. The average molecular weight is 368 g/mol. The Hall–Kier alpha value is -3.56. The summed E-state index contributed by atoms with van der Waals surface area (Å²) in [5, 5.41) is 19.1. The highest BCUT2D eigenvalue weighted by atomic mass is 16.6. The summed E-state index contributed by atoms with van der Waals surface area (Å²) in [6, 6.07) is 7.91. The molecule has 0 aliphatic rings. The number of nitrogens with zero attached hydrogens (tertiary/aromatic N) is 6. The van der Waals surface area contributed by atoms with Crippen molar-refractivity contribution < 1.29 is 9.42 Å².